The van der Waals surface area contributed by atoms with Gasteiger partial charge in [-0.2, -0.15) is 0 Å². The molecule has 1 heterocycles. The number of esters is 1. The molecule has 0 bridgehead atoms. The number of nitrogens with one attached hydrogen (secondary N) is 1. The molecule has 188 valence electrons. The van der Waals surface area contributed by atoms with Crippen LogP contribution in [0, 0.1) is 0 Å². The second-order valence-corrected chi connectivity index (χ2v) is 9.67. The van der Waals surface area contributed by atoms with E-state index in [1.807, 2.05) is 54.6 Å². The highest BCUT2D eigenvalue weighted by molar-refractivity contribution is 5.84. The van der Waals surface area contributed by atoms with Crippen LogP contribution < -0.4 is 5.32 Å². The number of ether oxygens (including phenoxy) is 3. The fourth-order valence-corrected chi connectivity index (χ4v) is 5.58. The van der Waals surface area contributed by atoms with Crippen molar-refractivity contribution in [2.24, 2.45) is 0 Å². The van der Waals surface area contributed by atoms with E-state index in [0.29, 0.717) is 0 Å². The lowest BCUT2D eigenvalue weighted by Gasteiger charge is -2.39. The zero-order valence-electron chi connectivity index (χ0n) is 20.5. The molecule has 7 nitrogen and oxygen atoms in total. The average molecular weight is 490 g/mol. The van der Waals surface area contributed by atoms with Gasteiger partial charge in [0.05, 0.1) is 19.3 Å². The van der Waals surface area contributed by atoms with Crippen LogP contribution in [-0.4, -0.2) is 60.0 Å². The van der Waals surface area contributed by atoms with Gasteiger partial charge < -0.3 is 24.4 Å². The summed E-state index contributed by atoms with van der Waals surface area (Å²) >= 11 is 0. The van der Waals surface area contributed by atoms with Crippen LogP contribution in [0.2, 0.25) is 0 Å². The summed E-state index contributed by atoms with van der Waals surface area (Å²) < 4.78 is 17.4. The van der Waals surface area contributed by atoms with Gasteiger partial charge >= 0.3 is 5.97 Å². The third-order valence-electron chi connectivity index (χ3n) is 7.04. The molecule has 0 spiro atoms. The molecule has 1 saturated heterocycles. The summed E-state index contributed by atoms with van der Waals surface area (Å²) in [6.07, 6.45) is -3.14. The summed E-state index contributed by atoms with van der Waals surface area (Å²) in [5, 5.41) is 23.9. The van der Waals surface area contributed by atoms with Crippen LogP contribution in [0.25, 0.3) is 11.1 Å². The van der Waals surface area contributed by atoms with Crippen molar-refractivity contribution in [3.8, 4) is 11.1 Å². The van der Waals surface area contributed by atoms with Crippen LogP contribution in [0.1, 0.15) is 30.5 Å². The first kappa shape index (κ1) is 24.6. The molecule has 0 unspecified atom stereocenters. The molecule has 0 aromatic heterocycles. The van der Waals surface area contributed by atoms with Gasteiger partial charge in [-0.1, -0.05) is 78.9 Å². The quantitative estimate of drug-likeness (QED) is 0.439. The number of aliphatic hydroxyl groups is 2. The minimum atomic E-state index is -1.25. The van der Waals surface area contributed by atoms with Crippen LogP contribution in [0.15, 0.2) is 78.9 Å². The van der Waals surface area contributed by atoms with Gasteiger partial charge in [0.1, 0.15) is 24.4 Å². The van der Waals surface area contributed by atoms with Crippen molar-refractivity contribution in [2.45, 2.75) is 49.5 Å². The normalized spacial score (nSPS) is 22.9. The molecule has 1 fully saturated rings. The van der Waals surface area contributed by atoms with Crippen molar-refractivity contribution < 1.29 is 29.2 Å². The van der Waals surface area contributed by atoms with Gasteiger partial charge in [-0.3, -0.25) is 10.1 Å². The summed E-state index contributed by atoms with van der Waals surface area (Å²) in [6.45, 7) is 2.89. The molecule has 4 atom stereocenters. The zero-order valence-corrected chi connectivity index (χ0v) is 20.5. The summed E-state index contributed by atoms with van der Waals surface area (Å²) in [6, 6.07) is 25.1. The van der Waals surface area contributed by atoms with Gasteiger partial charge in [-0.25, -0.2) is 0 Å². The predicted octanol–water partition coefficient (Wildman–Crippen LogP) is 2.96. The number of carbonyl (C=O) groups excluding carboxylic acids is 1. The van der Waals surface area contributed by atoms with Crippen LogP contribution in [-0.2, 0) is 24.5 Å². The van der Waals surface area contributed by atoms with Crippen LogP contribution in [0.3, 0.4) is 0 Å². The lowest BCUT2D eigenvalue weighted by atomic mass is 9.79. The van der Waals surface area contributed by atoms with Crippen LogP contribution in [0.5, 0.6) is 0 Å². The Morgan fingerprint density at radius 3 is 2.00 bits per heavy atom. The standard InChI is InChI=1S/C29H31NO6/c1-28(2)35-25(23(32)17-31)26(36-28)24(27(33)34-3)30-29(18-11-5-4-6-12-18)21-15-9-7-13-19(21)20-14-8-10-16-22(20)29/h4-16,23-26,30-32H,17H2,1-3H3/t23-,24+,25+,26+/m0/s1. The smallest absolute Gasteiger partial charge is 0.325 e. The van der Waals surface area contributed by atoms with E-state index in [-0.39, 0.29) is 0 Å². The summed E-state index contributed by atoms with van der Waals surface area (Å²) in [5.74, 6) is -1.64. The molecule has 5 rings (SSSR count). The molecule has 1 aliphatic carbocycles. The number of rotatable bonds is 7. The van der Waals surface area contributed by atoms with Crippen molar-refractivity contribution in [1.82, 2.24) is 5.32 Å². The van der Waals surface area contributed by atoms with Crippen molar-refractivity contribution in [2.75, 3.05) is 13.7 Å². The maximum Gasteiger partial charge on any atom is 0.325 e. The molecule has 1 aliphatic heterocycles. The summed E-state index contributed by atoms with van der Waals surface area (Å²) in [7, 11) is 1.32. The lowest BCUT2D eigenvalue weighted by molar-refractivity contribution is -0.162. The van der Waals surface area contributed by atoms with E-state index in [2.05, 4.69) is 29.6 Å². The Balaban J connectivity index is 1.72. The van der Waals surface area contributed by atoms with E-state index in [4.69, 9.17) is 14.2 Å². The molecular weight excluding hydrogens is 458 g/mol. The predicted molar refractivity (Wildman–Crippen MR) is 134 cm³/mol. The van der Waals surface area contributed by atoms with Crippen molar-refractivity contribution in [3.05, 3.63) is 95.6 Å². The Morgan fingerprint density at radius 2 is 1.44 bits per heavy atom. The zero-order chi connectivity index (χ0) is 25.5. The van der Waals surface area contributed by atoms with Crippen LogP contribution in [0.4, 0.5) is 0 Å². The molecule has 2 aliphatic rings. The number of benzene rings is 3. The Labute approximate surface area is 210 Å². The van der Waals surface area contributed by atoms with Gasteiger partial charge in [-0.15, -0.1) is 0 Å². The highest BCUT2D eigenvalue weighted by atomic mass is 16.8. The third-order valence-corrected chi connectivity index (χ3v) is 7.04. The van der Waals surface area contributed by atoms with Crippen molar-refractivity contribution in [1.29, 1.82) is 0 Å². The Hall–Kier alpha value is -3.07. The van der Waals surface area contributed by atoms with Crippen LogP contribution >= 0.6 is 0 Å². The number of hydrogen-bond acceptors (Lipinski definition) is 7. The highest BCUT2D eigenvalue weighted by Crippen LogP contribution is 2.51. The minimum absolute atomic E-state index is 0.538. The second-order valence-electron chi connectivity index (χ2n) is 9.67. The number of carbonyl (C=O) groups is 1. The highest BCUT2D eigenvalue weighted by Gasteiger charge is 2.54. The van der Waals surface area contributed by atoms with Crippen molar-refractivity contribution >= 4 is 5.97 Å². The molecule has 3 N–H and O–H groups in total. The molecular formula is C29H31NO6. The van der Waals surface area contributed by atoms with E-state index in [1.165, 1.54) is 7.11 Å². The van der Waals surface area contributed by atoms with Gasteiger partial charge in [0.15, 0.2) is 5.79 Å². The van der Waals surface area contributed by atoms with Gasteiger partial charge in [0.25, 0.3) is 0 Å². The van der Waals surface area contributed by atoms with E-state index in [9.17, 15) is 15.0 Å². The number of aliphatic hydroxyl groups excluding tert-OH is 2. The van der Waals surface area contributed by atoms with E-state index >= 15 is 0 Å². The lowest BCUT2D eigenvalue weighted by Crippen LogP contribution is -2.60. The first-order valence-electron chi connectivity index (χ1n) is 12.1. The SMILES string of the molecule is COC(=O)[C@H](NC1(c2ccccc2)c2ccccc2-c2ccccc21)[C@H]1OC(C)(C)O[C@@H]1[C@@H](O)CO. The Morgan fingerprint density at radius 1 is 0.917 bits per heavy atom. The minimum Gasteiger partial charge on any atom is -0.468 e. The maximum atomic E-state index is 13.4. The number of hydrogen-bond donors (Lipinski definition) is 3. The molecule has 0 amide bonds. The topological polar surface area (TPSA) is 97.3 Å². The third kappa shape index (κ3) is 3.93. The fraction of sp³-hybridized carbons (Fsp3) is 0.345. The molecule has 3 aromatic carbocycles. The molecule has 36 heavy (non-hydrogen) atoms. The Kier molecular flexibility index (Phi) is 6.44. The van der Waals surface area contributed by atoms with Gasteiger partial charge in [0.2, 0.25) is 0 Å². The monoisotopic (exact) mass is 489 g/mol. The molecule has 3 aromatic rings. The Bertz CT molecular complexity index is 1200. The van der Waals surface area contributed by atoms with E-state index < -0.39 is 48.3 Å². The first-order chi connectivity index (χ1) is 17.3. The van der Waals surface area contributed by atoms with Gasteiger partial charge in [0, 0.05) is 0 Å². The van der Waals surface area contributed by atoms with E-state index in [0.717, 1.165) is 27.8 Å². The molecule has 0 saturated carbocycles. The molecule has 0 radical (unpaired) electrons. The van der Waals surface area contributed by atoms with E-state index in [1.54, 1.807) is 13.8 Å². The van der Waals surface area contributed by atoms with Crippen molar-refractivity contribution in [3.63, 3.8) is 0 Å². The fourth-order valence-electron chi connectivity index (χ4n) is 5.58. The number of methoxy groups -OCH3 is 1. The second kappa shape index (κ2) is 9.42. The summed E-state index contributed by atoms with van der Waals surface area (Å²) in [5.41, 5.74) is 4.12. The average Bonchev–Trinajstić information content (AvgIpc) is 3.39. The number of fused-ring (bicyclic) bond motifs is 3. The summed E-state index contributed by atoms with van der Waals surface area (Å²) in [4.78, 5) is 13.4. The largest absolute Gasteiger partial charge is 0.468 e. The maximum absolute atomic E-state index is 13.4. The molecule has 7 heteroatoms. The first-order valence-corrected chi connectivity index (χ1v) is 12.1. The van der Waals surface area contributed by atoms with Gasteiger partial charge in [-0.05, 0) is 41.7 Å².